The van der Waals surface area contributed by atoms with E-state index in [1.807, 2.05) is 5.38 Å². The Morgan fingerprint density at radius 1 is 1.57 bits per heavy atom. The number of aromatic nitrogens is 1. The molecule has 0 fully saturated rings. The number of hydrogen-bond acceptors (Lipinski definition) is 2. The van der Waals surface area contributed by atoms with Gasteiger partial charge in [0.1, 0.15) is 0 Å². The van der Waals surface area contributed by atoms with E-state index >= 15 is 0 Å². The van der Waals surface area contributed by atoms with Crippen molar-refractivity contribution in [2.45, 2.75) is 0 Å². The minimum atomic E-state index is 0. The van der Waals surface area contributed by atoms with Crippen molar-refractivity contribution in [1.82, 2.24) is 4.98 Å². The van der Waals surface area contributed by atoms with E-state index in [0.29, 0.717) is 0 Å². The minimum absolute atomic E-state index is 0. The van der Waals surface area contributed by atoms with Crippen molar-refractivity contribution in [2.75, 3.05) is 0 Å². The molecule has 1 heterocycles. The molecule has 35 valence electrons. The molecule has 0 saturated carbocycles. The van der Waals surface area contributed by atoms with Crippen LogP contribution in [-0.2, 0) is 19.5 Å². The molecule has 7 heavy (non-hydrogen) atoms. The van der Waals surface area contributed by atoms with E-state index in [4.69, 9.17) is 0 Å². The maximum absolute atomic E-state index is 3.62. The fourth-order valence-electron chi connectivity index (χ4n) is 0.152. The molecule has 0 aliphatic rings. The summed E-state index contributed by atoms with van der Waals surface area (Å²) in [6.07, 6.45) is 1.71. The average molecular weight is 185 g/mol. The molecule has 0 unspecified atom stereocenters. The number of nitrogens with zero attached hydrogens (tertiary/aromatic N) is 1. The molecule has 0 atom stereocenters. The molecule has 1 rings (SSSR count). The van der Waals surface area contributed by atoms with E-state index in [-0.39, 0.29) is 31.9 Å². The van der Waals surface area contributed by atoms with E-state index in [9.17, 15) is 0 Å². The standard InChI is InChI=1S/C3H2NS.ClH.Zn/c1-2-5-3-4-1;;/h1-2H;1H;/p-1. The molecule has 1 aromatic rings. The second-order valence-corrected chi connectivity index (χ2v) is 1.31. The first-order chi connectivity index (χ1) is 2.50. The third-order valence-electron chi connectivity index (χ3n) is 0.309. The number of halogens is 1. The fraction of sp³-hybridized carbons (Fsp3) is 0. The maximum Gasteiger partial charge on any atom is 0.152 e. The number of hydrogen-bond donors (Lipinski definition) is 0. The molecule has 0 saturated heterocycles. The van der Waals surface area contributed by atoms with E-state index in [1.54, 1.807) is 6.20 Å². The molecule has 1 nitrogen and oxygen atoms in total. The van der Waals surface area contributed by atoms with Crippen molar-refractivity contribution in [2.24, 2.45) is 0 Å². The predicted molar refractivity (Wildman–Crippen MR) is 20.9 cm³/mol. The Bertz CT molecular complexity index is 71.4. The Balaban J connectivity index is 0. The SMILES string of the molecule is [Cl-].[Zn].[c]1nccs1. The van der Waals surface area contributed by atoms with Crippen LogP contribution in [0.4, 0.5) is 0 Å². The van der Waals surface area contributed by atoms with Crippen LogP contribution in [0, 0.1) is 5.51 Å². The number of thiazole rings is 1. The normalized spacial score (nSPS) is 5.71. The maximum atomic E-state index is 3.62. The van der Waals surface area contributed by atoms with Gasteiger partial charge < -0.3 is 12.4 Å². The summed E-state index contributed by atoms with van der Waals surface area (Å²) in [5, 5.41) is 1.88. The van der Waals surface area contributed by atoms with Gasteiger partial charge in [0.15, 0.2) is 5.51 Å². The molecule has 1 radical (unpaired) electrons. The fourth-order valence-corrected chi connectivity index (χ4v) is 0.456. The van der Waals surface area contributed by atoms with Gasteiger partial charge in [-0.25, -0.2) is 4.98 Å². The first kappa shape index (κ1) is 10.5. The van der Waals surface area contributed by atoms with E-state index in [2.05, 4.69) is 10.5 Å². The van der Waals surface area contributed by atoms with Gasteiger partial charge in [-0.15, -0.1) is 11.3 Å². The minimum Gasteiger partial charge on any atom is -1.00 e. The third kappa shape index (κ3) is 4.40. The Kier molecular flexibility index (Phi) is 9.82. The first-order valence-electron chi connectivity index (χ1n) is 1.25. The summed E-state index contributed by atoms with van der Waals surface area (Å²) in [7, 11) is 0. The van der Waals surface area contributed by atoms with Gasteiger partial charge in [0.05, 0.1) is 0 Å². The summed E-state index contributed by atoms with van der Waals surface area (Å²) in [6.45, 7) is 0. The summed E-state index contributed by atoms with van der Waals surface area (Å²) in [6, 6.07) is 0. The van der Waals surface area contributed by atoms with Crippen LogP contribution in [-0.4, -0.2) is 4.98 Å². The zero-order valence-corrected chi connectivity index (χ0v) is 8.13. The van der Waals surface area contributed by atoms with Crippen molar-refractivity contribution in [3.8, 4) is 0 Å². The molecule has 0 spiro atoms. The zero-order valence-electron chi connectivity index (χ0n) is 3.60. The molecule has 0 amide bonds. The zero-order chi connectivity index (χ0) is 3.54. The summed E-state index contributed by atoms with van der Waals surface area (Å²) in [5.74, 6) is 0. The van der Waals surface area contributed by atoms with E-state index in [0.717, 1.165) is 0 Å². The van der Waals surface area contributed by atoms with E-state index < -0.39 is 0 Å². The smallest absolute Gasteiger partial charge is 0.152 e. The third-order valence-corrected chi connectivity index (χ3v) is 0.777. The molecule has 0 N–H and O–H groups in total. The molecule has 0 aliphatic carbocycles. The van der Waals surface area contributed by atoms with Crippen molar-refractivity contribution in [3.63, 3.8) is 0 Å². The van der Waals surface area contributed by atoms with Crippen molar-refractivity contribution in [3.05, 3.63) is 17.1 Å². The summed E-state index contributed by atoms with van der Waals surface area (Å²) < 4.78 is 0. The van der Waals surface area contributed by atoms with Crippen LogP contribution in [0.25, 0.3) is 0 Å². The van der Waals surface area contributed by atoms with Crippen molar-refractivity contribution < 1.29 is 31.9 Å². The quantitative estimate of drug-likeness (QED) is 0.424. The molecule has 0 aliphatic heterocycles. The van der Waals surface area contributed by atoms with Crippen LogP contribution in [0.15, 0.2) is 11.6 Å². The van der Waals surface area contributed by atoms with Crippen LogP contribution < -0.4 is 12.4 Å². The molecule has 0 bridgehead atoms. The van der Waals surface area contributed by atoms with Gasteiger partial charge in [-0.05, 0) is 0 Å². The summed E-state index contributed by atoms with van der Waals surface area (Å²) in [4.78, 5) is 3.62. The topological polar surface area (TPSA) is 12.9 Å². The average Bonchev–Trinajstić information content (AvgIpc) is 1.76. The van der Waals surface area contributed by atoms with Gasteiger partial charge in [0.2, 0.25) is 0 Å². The summed E-state index contributed by atoms with van der Waals surface area (Å²) in [5.41, 5.74) is 2.65. The van der Waals surface area contributed by atoms with Crippen LogP contribution >= 0.6 is 11.3 Å². The van der Waals surface area contributed by atoms with Crippen molar-refractivity contribution >= 4 is 11.3 Å². The van der Waals surface area contributed by atoms with Crippen LogP contribution in [0.2, 0.25) is 0 Å². The second kappa shape index (κ2) is 6.54. The van der Waals surface area contributed by atoms with Gasteiger partial charge in [-0.2, -0.15) is 0 Å². The van der Waals surface area contributed by atoms with Crippen LogP contribution in [0.1, 0.15) is 0 Å². The Morgan fingerprint density at radius 2 is 2.29 bits per heavy atom. The Labute approximate surface area is 65.3 Å². The van der Waals surface area contributed by atoms with Crippen LogP contribution in [0.5, 0.6) is 0 Å². The Hall–Kier alpha value is 0.543. The van der Waals surface area contributed by atoms with Gasteiger partial charge in [0.25, 0.3) is 0 Å². The monoisotopic (exact) mass is 183 g/mol. The van der Waals surface area contributed by atoms with Crippen molar-refractivity contribution in [1.29, 1.82) is 0 Å². The molecular weight excluding hydrogens is 183 g/mol. The first-order valence-corrected chi connectivity index (χ1v) is 2.13. The largest absolute Gasteiger partial charge is 1.00 e. The molecular formula is C3H2ClNSZn-. The van der Waals surface area contributed by atoms with Gasteiger partial charge in [-0.1, -0.05) is 0 Å². The van der Waals surface area contributed by atoms with Gasteiger partial charge in [-0.3, -0.25) is 0 Å². The molecule has 1 aromatic heterocycles. The van der Waals surface area contributed by atoms with Gasteiger partial charge >= 0.3 is 0 Å². The van der Waals surface area contributed by atoms with Crippen LogP contribution in [0.3, 0.4) is 0 Å². The molecule has 0 aromatic carbocycles. The number of rotatable bonds is 0. The molecule has 4 heteroatoms. The summed E-state index contributed by atoms with van der Waals surface area (Å²) >= 11 is 1.48. The van der Waals surface area contributed by atoms with E-state index in [1.165, 1.54) is 11.3 Å². The predicted octanol–water partition coefficient (Wildman–Crippen LogP) is -2.06. The Morgan fingerprint density at radius 3 is 2.43 bits per heavy atom. The second-order valence-electron chi connectivity index (χ2n) is 0.623. The van der Waals surface area contributed by atoms with Gasteiger partial charge in [0, 0.05) is 31.1 Å².